The Morgan fingerprint density at radius 3 is 1.42 bits per heavy atom. The molecule has 0 N–H and O–H groups in total. The molecule has 2 aliphatic rings. The molecule has 8 nitrogen and oxygen atoms in total. The summed E-state index contributed by atoms with van der Waals surface area (Å²) >= 11 is 0. The number of morpholine rings is 1. The van der Waals surface area contributed by atoms with Crippen molar-refractivity contribution in [3.63, 3.8) is 0 Å². The molecule has 0 aliphatic carbocycles. The number of unbranched alkanes of at least 4 members (excludes halogenated alkanes) is 16. The molecule has 1 unspecified atom stereocenters. The van der Waals surface area contributed by atoms with Crippen molar-refractivity contribution in [2.24, 2.45) is 11.8 Å². The van der Waals surface area contributed by atoms with Crippen LogP contribution in [0.25, 0.3) is 0 Å². The minimum Gasteiger partial charge on any atom is -0.466 e. The van der Waals surface area contributed by atoms with Crippen molar-refractivity contribution in [2.45, 2.75) is 251 Å². The second kappa shape index (κ2) is 37.3. The van der Waals surface area contributed by atoms with Gasteiger partial charge < -0.3 is 23.7 Å². The Hall–Kier alpha value is -1.22. The Morgan fingerprint density at radius 1 is 0.559 bits per heavy atom. The minimum atomic E-state index is -0.473. The molecule has 2 rings (SSSR count). The Morgan fingerprint density at radius 2 is 0.983 bits per heavy atom. The van der Waals surface area contributed by atoms with Gasteiger partial charge in [-0.1, -0.05) is 169 Å². The molecular formula is C51H97NO7. The van der Waals surface area contributed by atoms with E-state index < -0.39 is 5.79 Å². The lowest BCUT2D eigenvalue weighted by molar-refractivity contribution is -0.180. The normalized spacial score (nSPS) is 17.0. The average Bonchev–Trinajstić information content (AvgIpc) is 3.65. The molecule has 59 heavy (non-hydrogen) atoms. The lowest BCUT2D eigenvalue weighted by atomic mass is 9.92. The molecule has 2 fully saturated rings. The SMILES string of the molecule is CCCCCC(CCCCC)CCOC(=O)CCCCCCCC1(CCCCCCCC(=O)OCCC(CCCCC)CCCCC)OCC(CCN2CCOCC2)O1. The van der Waals surface area contributed by atoms with Gasteiger partial charge in [0, 0.05) is 45.3 Å². The van der Waals surface area contributed by atoms with Crippen molar-refractivity contribution in [1.82, 2.24) is 4.90 Å². The number of ether oxygens (including phenoxy) is 5. The molecule has 0 aromatic rings. The van der Waals surface area contributed by atoms with Crippen molar-refractivity contribution in [3.05, 3.63) is 0 Å². The zero-order valence-corrected chi connectivity index (χ0v) is 39.5. The first-order chi connectivity index (χ1) is 28.9. The third-order valence-electron chi connectivity index (χ3n) is 13.1. The summed E-state index contributed by atoms with van der Waals surface area (Å²) in [6.45, 7) is 15.6. The third kappa shape index (κ3) is 28.9. The summed E-state index contributed by atoms with van der Waals surface area (Å²) in [5.41, 5.74) is 0. The molecule has 8 heteroatoms. The molecule has 348 valence electrons. The lowest BCUT2D eigenvalue weighted by Gasteiger charge is -2.30. The van der Waals surface area contributed by atoms with E-state index in [-0.39, 0.29) is 18.0 Å². The van der Waals surface area contributed by atoms with Gasteiger partial charge in [0.2, 0.25) is 0 Å². The fraction of sp³-hybridized carbons (Fsp3) is 0.961. The van der Waals surface area contributed by atoms with E-state index in [1.54, 1.807) is 0 Å². The number of hydrogen-bond acceptors (Lipinski definition) is 8. The van der Waals surface area contributed by atoms with E-state index in [2.05, 4.69) is 32.6 Å². The highest BCUT2D eigenvalue weighted by molar-refractivity contribution is 5.69. The molecule has 0 aromatic heterocycles. The molecule has 0 radical (unpaired) electrons. The molecule has 2 heterocycles. The maximum atomic E-state index is 12.5. The van der Waals surface area contributed by atoms with Crippen LogP contribution in [0.1, 0.15) is 240 Å². The summed E-state index contributed by atoms with van der Waals surface area (Å²) in [6.07, 6.45) is 37.4. The van der Waals surface area contributed by atoms with Crippen LogP contribution in [0.3, 0.4) is 0 Å². The van der Waals surface area contributed by atoms with Gasteiger partial charge in [0.15, 0.2) is 5.79 Å². The van der Waals surface area contributed by atoms with E-state index in [0.717, 1.165) is 129 Å². The monoisotopic (exact) mass is 836 g/mol. The Bertz CT molecular complexity index is 896. The smallest absolute Gasteiger partial charge is 0.305 e. The number of esters is 2. The predicted molar refractivity (Wildman–Crippen MR) is 245 cm³/mol. The molecule has 0 spiro atoms. The van der Waals surface area contributed by atoms with Crippen molar-refractivity contribution in [2.75, 3.05) is 52.7 Å². The van der Waals surface area contributed by atoms with Gasteiger partial charge in [0.1, 0.15) is 0 Å². The first-order valence-electron chi connectivity index (χ1n) is 25.9. The number of rotatable bonds is 41. The number of carbonyl (C=O) groups is 2. The van der Waals surface area contributed by atoms with Crippen molar-refractivity contribution in [1.29, 1.82) is 0 Å². The van der Waals surface area contributed by atoms with E-state index in [1.165, 1.54) is 103 Å². The highest BCUT2D eigenvalue weighted by atomic mass is 16.7. The van der Waals surface area contributed by atoms with Crippen molar-refractivity contribution in [3.8, 4) is 0 Å². The van der Waals surface area contributed by atoms with E-state index in [4.69, 9.17) is 23.7 Å². The fourth-order valence-electron chi connectivity index (χ4n) is 9.11. The standard InChI is InChI=1S/C51H97NO7/c1-5-9-19-27-46(28-20-10-6-2)34-41-56-49(53)31-23-15-13-17-25-36-51(58-45-48(59-51)33-38-52-39-43-55-44-40-52)37-26-18-14-16-24-32-50(54)57-42-35-47(29-21-11-7-3)30-22-12-8-4/h46-48H,5-45H2,1-4H3. The Balaban J connectivity index is 1.65. The van der Waals surface area contributed by atoms with Crippen LogP contribution in [0.2, 0.25) is 0 Å². The molecule has 0 aromatic carbocycles. The van der Waals surface area contributed by atoms with Gasteiger partial charge in [-0.05, 0) is 56.8 Å². The maximum Gasteiger partial charge on any atom is 0.305 e. The van der Waals surface area contributed by atoms with Crippen LogP contribution in [0.5, 0.6) is 0 Å². The van der Waals surface area contributed by atoms with Gasteiger partial charge in [-0.15, -0.1) is 0 Å². The Labute approximate surface area is 365 Å². The number of nitrogens with zero attached hydrogens (tertiary/aromatic N) is 1. The minimum absolute atomic E-state index is 0.0182. The summed E-state index contributed by atoms with van der Waals surface area (Å²) in [5.74, 6) is 0.893. The van der Waals surface area contributed by atoms with E-state index in [0.29, 0.717) is 44.5 Å². The summed E-state index contributed by atoms with van der Waals surface area (Å²) in [4.78, 5) is 27.5. The summed E-state index contributed by atoms with van der Waals surface area (Å²) in [7, 11) is 0. The van der Waals surface area contributed by atoms with E-state index in [9.17, 15) is 9.59 Å². The van der Waals surface area contributed by atoms with Crippen LogP contribution in [0, 0.1) is 11.8 Å². The molecule has 0 bridgehead atoms. The molecule has 2 aliphatic heterocycles. The van der Waals surface area contributed by atoms with Gasteiger partial charge in [-0.2, -0.15) is 0 Å². The highest BCUT2D eigenvalue weighted by Crippen LogP contribution is 2.36. The fourth-order valence-corrected chi connectivity index (χ4v) is 9.11. The van der Waals surface area contributed by atoms with Crippen LogP contribution in [0.15, 0.2) is 0 Å². The topological polar surface area (TPSA) is 83.5 Å². The van der Waals surface area contributed by atoms with Crippen LogP contribution >= 0.6 is 0 Å². The second-order valence-electron chi connectivity index (χ2n) is 18.5. The van der Waals surface area contributed by atoms with Crippen molar-refractivity contribution >= 4 is 11.9 Å². The van der Waals surface area contributed by atoms with E-state index in [1.807, 2.05) is 0 Å². The van der Waals surface area contributed by atoms with Gasteiger partial charge in [0.25, 0.3) is 0 Å². The maximum absolute atomic E-state index is 12.5. The number of carbonyl (C=O) groups excluding carboxylic acids is 2. The van der Waals surface area contributed by atoms with Crippen LogP contribution in [-0.2, 0) is 33.3 Å². The van der Waals surface area contributed by atoms with Gasteiger partial charge >= 0.3 is 11.9 Å². The lowest BCUT2D eigenvalue weighted by Crippen LogP contribution is -2.38. The average molecular weight is 836 g/mol. The summed E-state index contributed by atoms with van der Waals surface area (Å²) in [6, 6.07) is 0. The molecule has 0 amide bonds. The zero-order valence-electron chi connectivity index (χ0n) is 39.5. The predicted octanol–water partition coefficient (Wildman–Crippen LogP) is 13.7. The molecule has 0 saturated carbocycles. The quantitative estimate of drug-likeness (QED) is 0.0445. The van der Waals surface area contributed by atoms with Gasteiger partial charge in [0.05, 0.1) is 39.1 Å². The molecular weight excluding hydrogens is 739 g/mol. The van der Waals surface area contributed by atoms with E-state index >= 15 is 0 Å². The van der Waals surface area contributed by atoms with Gasteiger partial charge in [-0.3, -0.25) is 14.5 Å². The van der Waals surface area contributed by atoms with Crippen molar-refractivity contribution < 1.29 is 33.3 Å². The summed E-state index contributed by atoms with van der Waals surface area (Å²) in [5, 5.41) is 0. The summed E-state index contributed by atoms with van der Waals surface area (Å²) < 4.78 is 30.2. The third-order valence-corrected chi connectivity index (χ3v) is 13.1. The van der Waals surface area contributed by atoms with Crippen LogP contribution in [0.4, 0.5) is 0 Å². The van der Waals surface area contributed by atoms with Gasteiger partial charge in [-0.25, -0.2) is 0 Å². The Kier molecular flexibility index (Phi) is 34.1. The zero-order chi connectivity index (χ0) is 42.5. The second-order valence-corrected chi connectivity index (χ2v) is 18.5. The van der Waals surface area contributed by atoms with Crippen LogP contribution < -0.4 is 0 Å². The first-order valence-corrected chi connectivity index (χ1v) is 25.9. The largest absolute Gasteiger partial charge is 0.466 e. The molecule has 2 saturated heterocycles. The number of hydrogen-bond donors (Lipinski definition) is 0. The molecule has 1 atom stereocenters. The van der Waals surface area contributed by atoms with Crippen LogP contribution in [-0.4, -0.2) is 81.4 Å². The first kappa shape index (κ1) is 53.9. The highest BCUT2D eigenvalue weighted by Gasteiger charge is 2.40.